The largest absolute Gasteiger partial charge is 0.477 e. The number of carboxylic acid groups (broad SMARTS) is 1. The number of nitrogens with one attached hydrogen (secondary N) is 2. The lowest BCUT2D eigenvalue weighted by Gasteiger charge is -2.14. The second-order valence-electron chi connectivity index (χ2n) is 7.56. The highest BCUT2D eigenvalue weighted by Crippen LogP contribution is 2.44. The number of hydrogen-bond acceptors (Lipinski definition) is 6. The zero-order valence-corrected chi connectivity index (χ0v) is 18.6. The number of carboxylic acids is 1. The molecule has 0 radical (unpaired) electrons. The first kappa shape index (κ1) is 22.5. The van der Waals surface area contributed by atoms with Crippen LogP contribution in [0.5, 0.6) is 0 Å². The van der Waals surface area contributed by atoms with Crippen LogP contribution in [0.3, 0.4) is 0 Å². The second kappa shape index (κ2) is 10.3. The molecule has 0 aliphatic heterocycles. The Balaban J connectivity index is 1.17. The Bertz CT molecular complexity index is 1130. The SMILES string of the molecule is O=C(CCCNC(=O)OCC1c2ccccc2-c2ccccc21)NCc1ncc(C(=O)O)s1. The predicted octanol–water partition coefficient (Wildman–Crippen LogP) is 3.78. The number of nitrogens with zero attached hydrogens (tertiary/aromatic N) is 1. The molecule has 3 N–H and O–H groups in total. The summed E-state index contributed by atoms with van der Waals surface area (Å²) in [5.74, 6) is -1.23. The molecule has 0 spiro atoms. The monoisotopic (exact) mass is 465 g/mol. The average Bonchev–Trinajstić information content (AvgIpc) is 3.42. The van der Waals surface area contributed by atoms with E-state index in [9.17, 15) is 14.4 Å². The number of amides is 2. The van der Waals surface area contributed by atoms with Gasteiger partial charge in [-0.2, -0.15) is 0 Å². The van der Waals surface area contributed by atoms with E-state index in [1.807, 2.05) is 24.3 Å². The molecule has 0 unspecified atom stereocenters. The van der Waals surface area contributed by atoms with Crippen LogP contribution in [0.15, 0.2) is 54.7 Å². The summed E-state index contributed by atoms with van der Waals surface area (Å²) in [6.07, 6.45) is 1.43. The van der Waals surface area contributed by atoms with Crippen molar-refractivity contribution in [3.63, 3.8) is 0 Å². The first-order valence-electron chi connectivity index (χ1n) is 10.6. The summed E-state index contributed by atoms with van der Waals surface area (Å²) in [6.45, 7) is 0.730. The average molecular weight is 466 g/mol. The minimum Gasteiger partial charge on any atom is -0.477 e. The molecule has 4 rings (SSSR count). The summed E-state index contributed by atoms with van der Waals surface area (Å²) in [7, 11) is 0. The smallest absolute Gasteiger partial charge is 0.407 e. The Morgan fingerprint density at radius 2 is 1.67 bits per heavy atom. The molecule has 33 heavy (non-hydrogen) atoms. The van der Waals surface area contributed by atoms with Gasteiger partial charge in [-0.05, 0) is 28.7 Å². The Morgan fingerprint density at radius 1 is 1.00 bits per heavy atom. The number of fused-ring (bicyclic) bond motifs is 3. The fraction of sp³-hybridized carbons (Fsp3) is 0.250. The van der Waals surface area contributed by atoms with Crippen molar-refractivity contribution >= 4 is 29.3 Å². The van der Waals surface area contributed by atoms with E-state index in [1.165, 1.54) is 17.3 Å². The maximum Gasteiger partial charge on any atom is 0.407 e. The van der Waals surface area contributed by atoms with Crippen LogP contribution in [-0.4, -0.2) is 41.2 Å². The van der Waals surface area contributed by atoms with Gasteiger partial charge in [-0.1, -0.05) is 48.5 Å². The number of ether oxygens (including phenoxy) is 1. The molecule has 0 fully saturated rings. The standard InChI is InChI=1S/C24H23N3O5S/c28-21(26-13-22-27-12-20(33-22)23(29)30)10-5-11-25-24(31)32-14-19-17-8-3-1-6-15(17)16-7-2-4-9-18(16)19/h1-4,6-9,12,19H,5,10-11,13-14H2,(H,25,31)(H,26,28)(H,29,30). The van der Waals surface area contributed by atoms with Crippen LogP contribution in [0.4, 0.5) is 4.79 Å². The molecule has 1 aliphatic rings. The topological polar surface area (TPSA) is 118 Å². The predicted molar refractivity (Wildman–Crippen MR) is 123 cm³/mol. The van der Waals surface area contributed by atoms with Gasteiger partial charge < -0.3 is 20.5 Å². The quantitative estimate of drug-likeness (QED) is 0.414. The Morgan fingerprint density at radius 3 is 2.30 bits per heavy atom. The van der Waals surface area contributed by atoms with E-state index in [0.29, 0.717) is 18.0 Å². The van der Waals surface area contributed by atoms with Crippen molar-refractivity contribution < 1.29 is 24.2 Å². The van der Waals surface area contributed by atoms with Gasteiger partial charge >= 0.3 is 12.1 Å². The molecule has 0 saturated carbocycles. The van der Waals surface area contributed by atoms with E-state index in [0.717, 1.165) is 22.5 Å². The molecule has 8 nitrogen and oxygen atoms in total. The van der Waals surface area contributed by atoms with Crippen LogP contribution in [-0.2, 0) is 16.1 Å². The van der Waals surface area contributed by atoms with Crippen molar-refractivity contribution in [3.8, 4) is 11.1 Å². The molecule has 2 aromatic carbocycles. The number of aromatic nitrogens is 1. The van der Waals surface area contributed by atoms with Gasteiger partial charge in [-0.25, -0.2) is 14.6 Å². The number of benzene rings is 2. The number of hydrogen-bond donors (Lipinski definition) is 3. The number of aromatic carboxylic acids is 1. The van der Waals surface area contributed by atoms with E-state index in [1.54, 1.807) is 0 Å². The van der Waals surface area contributed by atoms with E-state index < -0.39 is 12.1 Å². The highest BCUT2D eigenvalue weighted by atomic mass is 32.1. The lowest BCUT2D eigenvalue weighted by molar-refractivity contribution is -0.121. The highest BCUT2D eigenvalue weighted by molar-refractivity contribution is 7.13. The molecule has 1 heterocycles. The molecular weight excluding hydrogens is 442 g/mol. The fourth-order valence-corrected chi connectivity index (χ4v) is 4.54. The summed E-state index contributed by atoms with van der Waals surface area (Å²) in [6, 6.07) is 16.3. The van der Waals surface area contributed by atoms with Crippen LogP contribution in [0.1, 0.15) is 44.6 Å². The molecular formula is C24H23N3O5S. The molecule has 3 aromatic rings. The number of alkyl carbamates (subject to hydrolysis) is 1. The second-order valence-corrected chi connectivity index (χ2v) is 8.67. The molecule has 1 aromatic heterocycles. The molecule has 0 atom stereocenters. The molecule has 1 aliphatic carbocycles. The van der Waals surface area contributed by atoms with Gasteiger partial charge in [0.05, 0.1) is 12.7 Å². The molecule has 170 valence electrons. The van der Waals surface area contributed by atoms with Crippen LogP contribution in [0, 0.1) is 0 Å². The van der Waals surface area contributed by atoms with Gasteiger partial charge in [0.2, 0.25) is 5.91 Å². The highest BCUT2D eigenvalue weighted by Gasteiger charge is 2.28. The minimum absolute atomic E-state index is 0.00133. The summed E-state index contributed by atoms with van der Waals surface area (Å²) in [5.41, 5.74) is 4.65. The van der Waals surface area contributed by atoms with E-state index in [4.69, 9.17) is 9.84 Å². The van der Waals surface area contributed by atoms with Crippen LogP contribution >= 0.6 is 11.3 Å². The third kappa shape index (κ3) is 5.38. The van der Waals surface area contributed by atoms with Gasteiger partial charge in [0.25, 0.3) is 0 Å². The lowest BCUT2D eigenvalue weighted by atomic mass is 9.98. The maximum absolute atomic E-state index is 12.1. The van der Waals surface area contributed by atoms with Crippen molar-refractivity contribution in [1.29, 1.82) is 0 Å². The zero-order valence-electron chi connectivity index (χ0n) is 17.7. The van der Waals surface area contributed by atoms with Gasteiger partial charge in [0.1, 0.15) is 16.5 Å². The summed E-state index contributed by atoms with van der Waals surface area (Å²) in [4.78, 5) is 39.0. The van der Waals surface area contributed by atoms with Crippen LogP contribution in [0.25, 0.3) is 11.1 Å². The van der Waals surface area contributed by atoms with Crippen molar-refractivity contribution in [2.75, 3.05) is 13.2 Å². The molecule has 9 heteroatoms. The third-order valence-corrected chi connectivity index (χ3v) is 6.38. The van der Waals surface area contributed by atoms with Crippen LogP contribution < -0.4 is 10.6 Å². The Kier molecular flexibility index (Phi) is 6.99. The minimum atomic E-state index is -1.04. The first-order chi connectivity index (χ1) is 16.0. The Labute approximate surface area is 194 Å². The van der Waals surface area contributed by atoms with Crippen LogP contribution in [0.2, 0.25) is 0 Å². The zero-order chi connectivity index (χ0) is 23.2. The summed E-state index contributed by atoms with van der Waals surface area (Å²) < 4.78 is 5.47. The van der Waals surface area contributed by atoms with Crippen molar-refractivity contribution in [2.24, 2.45) is 0 Å². The number of carbonyl (C=O) groups excluding carboxylic acids is 2. The number of rotatable bonds is 9. The van der Waals surface area contributed by atoms with Gasteiger partial charge in [-0.15, -0.1) is 11.3 Å². The number of carbonyl (C=O) groups is 3. The molecule has 2 amide bonds. The molecule has 0 saturated heterocycles. The van der Waals surface area contributed by atoms with Gasteiger partial charge in [-0.3, -0.25) is 4.79 Å². The van der Waals surface area contributed by atoms with E-state index in [2.05, 4.69) is 39.9 Å². The van der Waals surface area contributed by atoms with Gasteiger partial charge in [0.15, 0.2) is 0 Å². The first-order valence-corrected chi connectivity index (χ1v) is 11.4. The van der Waals surface area contributed by atoms with Gasteiger partial charge in [0, 0.05) is 18.9 Å². The Hall–Kier alpha value is -3.72. The fourth-order valence-electron chi connectivity index (χ4n) is 3.84. The van der Waals surface area contributed by atoms with E-state index in [-0.39, 0.29) is 36.3 Å². The molecule has 0 bridgehead atoms. The summed E-state index contributed by atoms with van der Waals surface area (Å²) in [5, 5.41) is 14.8. The van der Waals surface area contributed by atoms with Crippen molar-refractivity contribution in [1.82, 2.24) is 15.6 Å². The van der Waals surface area contributed by atoms with E-state index >= 15 is 0 Å². The third-order valence-electron chi connectivity index (χ3n) is 5.39. The normalized spacial score (nSPS) is 12.0. The van der Waals surface area contributed by atoms with Crippen molar-refractivity contribution in [2.45, 2.75) is 25.3 Å². The number of thiazole rings is 1. The lowest BCUT2D eigenvalue weighted by Crippen LogP contribution is -2.28. The summed E-state index contributed by atoms with van der Waals surface area (Å²) >= 11 is 1.02. The van der Waals surface area contributed by atoms with Crippen molar-refractivity contribution in [3.05, 3.63) is 75.7 Å². The maximum atomic E-state index is 12.1.